The van der Waals surface area contributed by atoms with Crippen molar-refractivity contribution in [3.63, 3.8) is 0 Å². The average molecular weight is 530 g/mol. The number of alkyl halides is 2. The number of hydrogen-bond donors (Lipinski definition) is 1. The van der Waals surface area contributed by atoms with Crippen molar-refractivity contribution in [1.29, 1.82) is 0 Å². The van der Waals surface area contributed by atoms with Crippen molar-refractivity contribution < 1.29 is 37.0 Å². The Hall–Kier alpha value is -4.32. The first-order valence-corrected chi connectivity index (χ1v) is 11.7. The van der Waals surface area contributed by atoms with Crippen molar-refractivity contribution in [2.24, 2.45) is 4.99 Å². The molecule has 4 rings (SSSR count). The van der Waals surface area contributed by atoms with Crippen LogP contribution in [0.5, 0.6) is 17.2 Å². The largest absolute Gasteiger partial charge is 0.493 e. The number of ether oxygens (including phenoxy) is 3. The van der Waals surface area contributed by atoms with E-state index in [9.17, 15) is 18.4 Å². The normalized spacial score (nSPS) is 14.2. The summed E-state index contributed by atoms with van der Waals surface area (Å²) in [4.78, 5) is 31.5. The lowest BCUT2D eigenvalue weighted by molar-refractivity contribution is -0.114. The quantitative estimate of drug-likeness (QED) is 0.389. The van der Waals surface area contributed by atoms with Gasteiger partial charge in [-0.2, -0.15) is 8.78 Å². The Bertz CT molecular complexity index is 1330. The van der Waals surface area contributed by atoms with Crippen LogP contribution in [0.25, 0.3) is 6.08 Å². The molecule has 2 amide bonds. The number of nitrogens with zero attached hydrogens (tertiary/aromatic N) is 2. The van der Waals surface area contributed by atoms with Gasteiger partial charge in [0.05, 0.1) is 31.9 Å². The molecule has 192 valence electrons. The lowest BCUT2D eigenvalue weighted by Gasteiger charge is -2.18. The van der Waals surface area contributed by atoms with Crippen molar-refractivity contribution in [3.8, 4) is 17.2 Å². The van der Waals surface area contributed by atoms with Crippen LogP contribution in [0.1, 0.15) is 5.76 Å². The number of furan rings is 1. The Balaban J connectivity index is 1.52. The Morgan fingerprint density at radius 1 is 1.14 bits per heavy atom. The van der Waals surface area contributed by atoms with E-state index in [0.717, 1.165) is 11.8 Å². The maximum atomic E-state index is 13.2. The summed E-state index contributed by atoms with van der Waals surface area (Å²) in [6.45, 7) is -2.97. The maximum absolute atomic E-state index is 13.2. The fraction of sp³-hybridized carbons (Fsp3) is 0.160. The van der Waals surface area contributed by atoms with Gasteiger partial charge in [0.2, 0.25) is 5.91 Å². The molecule has 1 aliphatic heterocycles. The molecular weight excluding hydrogens is 508 g/mol. The first-order chi connectivity index (χ1) is 17.9. The summed E-state index contributed by atoms with van der Waals surface area (Å²) in [5.74, 6) is 0.444. The van der Waals surface area contributed by atoms with Gasteiger partial charge in [-0.1, -0.05) is 11.8 Å². The minimum Gasteiger partial charge on any atom is -0.493 e. The van der Waals surface area contributed by atoms with E-state index < -0.39 is 12.5 Å². The van der Waals surface area contributed by atoms with E-state index in [1.54, 1.807) is 30.3 Å². The summed E-state index contributed by atoms with van der Waals surface area (Å²) in [5.41, 5.74) is 0.948. The molecule has 9 nitrogen and oxygen atoms in total. The number of halogens is 2. The van der Waals surface area contributed by atoms with E-state index >= 15 is 0 Å². The van der Waals surface area contributed by atoms with E-state index in [-0.39, 0.29) is 28.3 Å². The third-order valence-corrected chi connectivity index (χ3v) is 5.91. The van der Waals surface area contributed by atoms with Gasteiger partial charge >= 0.3 is 6.61 Å². The van der Waals surface area contributed by atoms with Gasteiger partial charge in [-0.3, -0.25) is 14.5 Å². The minimum atomic E-state index is -2.97. The van der Waals surface area contributed by atoms with Crippen LogP contribution in [0.4, 0.5) is 20.2 Å². The zero-order valence-electron chi connectivity index (χ0n) is 19.6. The van der Waals surface area contributed by atoms with E-state index in [4.69, 9.17) is 13.9 Å². The fourth-order valence-electron chi connectivity index (χ4n) is 3.35. The highest BCUT2D eigenvalue weighted by molar-refractivity contribution is 8.14. The standard InChI is InChI=1S/C25H21F2N3O6S/c1-33-20-10-5-15(12-21(20)34-2)28-22(31)14-37-25-29-19(13-18-4-3-11-35-18)23(32)30(25)16-6-8-17(9-7-16)36-24(26)27/h3-13,24H,14H2,1-2H3,(H,28,31)/b19-13+. The molecule has 12 heteroatoms. The SMILES string of the molecule is COc1ccc(NC(=O)CSC2=N/C(=C/c3ccco3)C(=O)N2c2ccc(OC(F)F)cc2)cc1OC. The first kappa shape index (κ1) is 25.8. The number of benzene rings is 2. The minimum absolute atomic E-state index is 0.0582. The summed E-state index contributed by atoms with van der Waals surface area (Å²) in [5, 5.41) is 2.99. The summed E-state index contributed by atoms with van der Waals surface area (Å²) >= 11 is 1.03. The maximum Gasteiger partial charge on any atom is 0.387 e. The number of amidine groups is 1. The molecule has 0 unspecified atom stereocenters. The molecule has 1 aromatic heterocycles. The Morgan fingerprint density at radius 2 is 1.89 bits per heavy atom. The van der Waals surface area contributed by atoms with Crippen LogP contribution in [-0.2, 0) is 9.59 Å². The van der Waals surface area contributed by atoms with Gasteiger partial charge in [0.1, 0.15) is 17.2 Å². The van der Waals surface area contributed by atoms with E-state index in [0.29, 0.717) is 28.6 Å². The van der Waals surface area contributed by atoms with Crippen molar-refractivity contribution in [1.82, 2.24) is 0 Å². The van der Waals surface area contributed by atoms with Gasteiger partial charge in [-0.15, -0.1) is 0 Å². The van der Waals surface area contributed by atoms with Gasteiger partial charge < -0.3 is 23.9 Å². The highest BCUT2D eigenvalue weighted by Crippen LogP contribution is 2.32. The molecule has 0 fully saturated rings. The average Bonchev–Trinajstić information content (AvgIpc) is 3.51. The molecule has 0 spiro atoms. The van der Waals surface area contributed by atoms with E-state index in [1.165, 1.54) is 55.7 Å². The topological polar surface area (TPSA) is 103 Å². The smallest absolute Gasteiger partial charge is 0.387 e. The second-order valence-electron chi connectivity index (χ2n) is 7.36. The predicted octanol–water partition coefficient (Wildman–Crippen LogP) is 5.01. The molecule has 0 bridgehead atoms. The molecule has 0 saturated heterocycles. The molecule has 3 aromatic rings. The zero-order valence-corrected chi connectivity index (χ0v) is 20.5. The molecule has 2 aromatic carbocycles. The van der Waals surface area contributed by atoms with E-state index in [2.05, 4.69) is 15.0 Å². The second-order valence-corrected chi connectivity index (χ2v) is 8.30. The molecule has 0 saturated carbocycles. The third-order valence-electron chi connectivity index (χ3n) is 4.97. The number of anilines is 2. The molecule has 0 atom stereocenters. The molecule has 1 aliphatic rings. The molecular formula is C25H21F2N3O6S. The van der Waals surface area contributed by atoms with Crippen LogP contribution in [0.3, 0.4) is 0 Å². The molecule has 0 radical (unpaired) electrons. The van der Waals surface area contributed by atoms with E-state index in [1.807, 2.05) is 0 Å². The number of amides is 2. The van der Waals surface area contributed by atoms with Gasteiger partial charge in [-0.25, -0.2) is 4.99 Å². The highest BCUT2D eigenvalue weighted by Gasteiger charge is 2.32. The van der Waals surface area contributed by atoms with Crippen molar-refractivity contribution in [2.45, 2.75) is 6.61 Å². The van der Waals surface area contributed by atoms with Crippen molar-refractivity contribution in [3.05, 3.63) is 72.3 Å². The predicted molar refractivity (Wildman–Crippen MR) is 135 cm³/mol. The number of aliphatic imine (C=N–C) groups is 1. The fourth-order valence-corrected chi connectivity index (χ4v) is 4.16. The Labute approximate surface area is 214 Å². The monoisotopic (exact) mass is 529 g/mol. The van der Waals surface area contributed by atoms with Crippen LogP contribution >= 0.6 is 11.8 Å². The summed E-state index contributed by atoms with van der Waals surface area (Å²) in [7, 11) is 3.00. The number of methoxy groups -OCH3 is 2. The number of carbonyl (C=O) groups is 2. The number of carbonyl (C=O) groups excluding carboxylic acids is 2. The van der Waals surface area contributed by atoms with Gasteiger partial charge in [0.25, 0.3) is 5.91 Å². The van der Waals surface area contributed by atoms with Crippen molar-refractivity contribution in [2.75, 3.05) is 30.2 Å². The second kappa shape index (κ2) is 11.6. The number of hydrogen-bond acceptors (Lipinski definition) is 8. The van der Waals surface area contributed by atoms with Crippen molar-refractivity contribution >= 4 is 46.2 Å². The van der Waals surface area contributed by atoms with Gasteiger partial charge in [0.15, 0.2) is 16.7 Å². The lowest BCUT2D eigenvalue weighted by atomic mass is 10.2. The number of rotatable bonds is 9. The van der Waals surface area contributed by atoms with Gasteiger partial charge in [-0.05, 0) is 48.5 Å². The third kappa shape index (κ3) is 6.28. The summed E-state index contributed by atoms with van der Waals surface area (Å²) in [6.07, 6.45) is 2.93. The Morgan fingerprint density at radius 3 is 2.54 bits per heavy atom. The Kier molecular flexibility index (Phi) is 8.08. The van der Waals surface area contributed by atoms with Crippen LogP contribution < -0.4 is 24.4 Å². The molecule has 37 heavy (non-hydrogen) atoms. The summed E-state index contributed by atoms with van der Waals surface area (Å²) < 4.78 is 45.1. The number of thioether (sulfide) groups is 1. The first-order valence-electron chi connectivity index (χ1n) is 10.8. The highest BCUT2D eigenvalue weighted by atomic mass is 32.2. The number of nitrogens with one attached hydrogen (secondary N) is 1. The zero-order chi connectivity index (χ0) is 26.4. The lowest BCUT2D eigenvalue weighted by Crippen LogP contribution is -2.31. The van der Waals surface area contributed by atoms with Crippen LogP contribution in [0, 0.1) is 0 Å². The molecule has 0 aliphatic carbocycles. The van der Waals surface area contributed by atoms with Crippen LogP contribution in [0.2, 0.25) is 0 Å². The summed E-state index contributed by atoms with van der Waals surface area (Å²) in [6, 6.07) is 13.8. The van der Waals surface area contributed by atoms with Gasteiger partial charge in [0, 0.05) is 17.8 Å². The van der Waals surface area contributed by atoms with Crippen LogP contribution in [0.15, 0.2) is 76.0 Å². The molecule has 1 N–H and O–H groups in total. The van der Waals surface area contributed by atoms with Crippen LogP contribution in [-0.4, -0.2) is 43.6 Å². The molecule has 2 heterocycles.